The molecule has 1 aliphatic rings. The first-order chi connectivity index (χ1) is 8.93. The minimum Gasteiger partial charge on any atom is -0.397 e. The zero-order chi connectivity index (χ0) is 14.0. The lowest BCUT2D eigenvalue weighted by Gasteiger charge is -2.30. The van der Waals surface area contributed by atoms with Crippen LogP contribution in [-0.2, 0) is 10.0 Å². The van der Waals surface area contributed by atoms with Crippen molar-refractivity contribution in [1.29, 1.82) is 0 Å². The Kier molecular flexibility index (Phi) is 4.01. The molecule has 1 heterocycles. The second-order valence-electron chi connectivity index (χ2n) is 5.06. The molecule has 1 aromatic carbocycles. The fourth-order valence-corrected chi connectivity index (χ4v) is 3.23. The number of anilines is 2. The highest BCUT2D eigenvalue weighted by molar-refractivity contribution is 7.89. The van der Waals surface area contributed by atoms with E-state index in [0.717, 1.165) is 31.6 Å². The minimum atomic E-state index is -3.40. The van der Waals surface area contributed by atoms with Gasteiger partial charge in [0.2, 0.25) is 10.0 Å². The SMILES string of the molecule is CN(C)S(=O)(=O)c1ccc(N)c(N2CCCCC2)c1. The third kappa shape index (κ3) is 2.84. The molecule has 0 radical (unpaired) electrons. The Hall–Kier alpha value is -1.27. The number of piperidine rings is 1. The van der Waals surface area contributed by atoms with E-state index in [0.29, 0.717) is 10.6 Å². The Labute approximate surface area is 115 Å². The third-order valence-electron chi connectivity index (χ3n) is 3.48. The van der Waals surface area contributed by atoms with Crippen LogP contribution in [-0.4, -0.2) is 39.9 Å². The van der Waals surface area contributed by atoms with Gasteiger partial charge in [-0.3, -0.25) is 0 Å². The monoisotopic (exact) mass is 283 g/mol. The predicted octanol–water partition coefficient (Wildman–Crippen LogP) is 1.51. The molecular formula is C13H21N3O2S. The molecular weight excluding hydrogens is 262 g/mol. The van der Waals surface area contributed by atoms with Gasteiger partial charge in [0.1, 0.15) is 0 Å². The summed E-state index contributed by atoms with van der Waals surface area (Å²) in [6, 6.07) is 4.94. The first-order valence-electron chi connectivity index (χ1n) is 6.50. The molecule has 19 heavy (non-hydrogen) atoms. The summed E-state index contributed by atoms with van der Waals surface area (Å²) in [5.41, 5.74) is 7.46. The summed E-state index contributed by atoms with van der Waals surface area (Å²) in [5.74, 6) is 0. The van der Waals surface area contributed by atoms with Crippen molar-refractivity contribution in [3.63, 3.8) is 0 Å². The third-order valence-corrected chi connectivity index (χ3v) is 5.29. The fraction of sp³-hybridized carbons (Fsp3) is 0.538. The summed E-state index contributed by atoms with van der Waals surface area (Å²) in [5, 5.41) is 0. The molecule has 6 heteroatoms. The van der Waals surface area contributed by atoms with E-state index >= 15 is 0 Å². The van der Waals surface area contributed by atoms with Gasteiger partial charge in [-0.2, -0.15) is 0 Å². The molecule has 1 aromatic rings. The van der Waals surface area contributed by atoms with Crippen LogP contribution in [0.1, 0.15) is 19.3 Å². The van der Waals surface area contributed by atoms with Crippen molar-refractivity contribution in [2.45, 2.75) is 24.2 Å². The van der Waals surface area contributed by atoms with Crippen molar-refractivity contribution in [3.05, 3.63) is 18.2 Å². The largest absolute Gasteiger partial charge is 0.397 e. The molecule has 5 nitrogen and oxygen atoms in total. The molecule has 0 aromatic heterocycles. The van der Waals surface area contributed by atoms with Crippen LogP contribution < -0.4 is 10.6 Å². The summed E-state index contributed by atoms with van der Waals surface area (Å²) in [7, 11) is -0.336. The van der Waals surface area contributed by atoms with Crippen molar-refractivity contribution >= 4 is 21.4 Å². The first kappa shape index (κ1) is 14.1. The van der Waals surface area contributed by atoms with E-state index < -0.39 is 10.0 Å². The normalized spacial score (nSPS) is 16.9. The number of sulfonamides is 1. The van der Waals surface area contributed by atoms with Gasteiger partial charge in [-0.05, 0) is 37.5 Å². The van der Waals surface area contributed by atoms with Gasteiger partial charge in [-0.15, -0.1) is 0 Å². The van der Waals surface area contributed by atoms with Crippen LogP contribution in [0.2, 0.25) is 0 Å². The molecule has 0 aliphatic carbocycles. The van der Waals surface area contributed by atoms with Crippen LogP contribution in [0.5, 0.6) is 0 Å². The second kappa shape index (κ2) is 5.38. The number of benzene rings is 1. The number of rotatable bonds is 3. The summed E-state index contributed by atoms with van der Waals surface area (Å²) in [4.78, 5) is 2.47. The smallest absolute Gasteiger partial charge is 0.242 e. The average molecular weight is 283 g/mol. The second-order valence-corrected chi connectivity index (χ2v) is 7.21. The lowest BCUT2D eigenvalue weighted by molar-refractivity contribution is 0.520. The lowest BCUT2D eigenvalue weighted by Crippen LogP contribution is -2.30. The highest BCUT2D eigenvalue weighted by Gasteiger charge is 2.20. The number of nitrogens with two attached hydrogens (primary N) is 1. The molecule has 0 saturated carbocycles. The molecule has 2 N–H and O–H groups in total. The molecule has 106 valence electrons. The Balaban J connectivity index is 2.40. The van der Waals surface area contributed by atoms with Crippen molar-refractivity contribution in [2.75, 3.05) is 37.8 Å². The number of nitrogens with zero attached hydrogens (tertiary/aromatic N) is 2. The van der Waals surface area contributed by atoms with E-state index in [2.05, 4.69) is 4.90 Å². The molecule has 0 amide bonds. The molecule has 1 aliphatic heterocycles. The van der Waals surface area contributed by atoms with Crippen LogP contribution in [0.4, 0.5) is 11.4 Å². The lowest BCUT2D eigenvalue weighted by atomic mass is 10.1. The van der Waals surface area contributed by atoms with E-state index in [1.807, 2.05) is 0 Å². The van der Waals surface area contributed by atoms with Gasteiger partial charge in [0.25, 0.3) is 0 Å². The van der Waals surface area contributed by atoms with Crippen molar-refractivity contribution in [1.82, 2.24) is 4.31 Å². The molecule has 1 fully saturated rings. The van der Waals surface area contributed by atoms with Crippen LogP contribution in [0, 0.1) is 0 Å². The first-order valence-corrected chi connectivity index (χ1v) is 7.94. The van der Waals surface area contributed by atoms with E-state index in [1.54, 1.807) is 18.2 Å². The highest BCUT2D eigenvalue weighted by atomic mass is 32.2. The van der Waals surface area contributed by atoms with Gasteiger partial charge in [0.15, 0.2) is 0 Å². The standard InChI is InChI=1S/C13H21N3O2S/c1-15(2)19(17,18)11-6-7-12(14)13(10-11)16-8-4-3-5-9-16/h6-7,10H,3-5,8-9,14H2,1-2H3. The summed E-state index contributed by atoms with van der Waals surface area (Å²) >= 11 is 0. The topological polar surface area (TPSA) is 66.6 Å². The van der Waals surface area contributed by atoms with E-state index in [-0.39, 0.29) is 0 Å². The van der Waals surface area contributed by atoms with Crippen molar-refractivity contribution in [2.24, 2.45) is 0 Å². The molecule has 0 atom stereocenters. The Morgan fingerprint density at radius 2 is 1.79 bits per heavy atom. The molecule has 1 saturated heterocycles. The Morgan fingerprint density at radius 1 is 1.16 bits per heavy atom. The van der Waals surface area contributed by atoms with Crippen LogP contribution in [0.3, 0.4) is 0 Å². The number of hydrogen-bond donors (Lipinski definition) is 1. The van der Waals surface area contributed by atoms with E-state index in [4.69, 9.17) is 5.73 Å². The maximum Gasteiger partial charge on any atom is 0.242 e. The molecule has 0 unspecified atom stereocenters. The fourth-order valence-electron chi connectivity index (χ4n) is 2.30. The highest BCUT2D eigenvalue weighted by Crippen LogP contribution is 2.29. The predicted molar refractivity (Wildman–Crippen MR) is 77.8 cm³/mol. The maximum absolute atomic E-state index is 12.1. The van der Waals surface area contributed by atoms with Crippen LogP contribution in [0.15, 0.2) is 23.1 Å². The maximum atomic E-state index is 12.1. The van der Waals surface area contributed by atoms with Gasteiger partial charge in [0.05, 0.1) is 16.3 Å². The minimum absolute atomic E-state index is 0.298. The van der Waals surface area contributed by atoms with E-state index in [9.17, 15) is 8.42 Å². The average Bonchev–Trinajstić information content (AvgIpc) is 2.39. The quantitative estimate of drug-likeness (QED) is 0.854. The van der Waals surface area contributed by atoms with Gasteiger partial charge in [0, 0.05) is 27.2 Å². The molecule has 0 bridgehead atoms. The Morgan fingerprint density at radius 3 is 2.37 bits per heavy atom. The number of hydrogen-bond acceptors (Lipinski definition) is 4. The van der Waals surface area contributed by atoms with Crippen LogP contribution in [0.25, 0.3) is 0 Å². The van der Waals surface area contributed by atoms with Gasteiger partial charge >= 0.3 is 0 Å². The van der Waals surface area contributed by atoms with E-state index in [1.165, 1.54) is 24.8 Å². The van der Waals surface area contributed by atoms with Gasteiger partial charge < -0.3 is 10.6 Å². The number of nitrogen functional groups attached to an aromatic ring is 1. The van der Waals surface area contributed by atoms with Gasteiger partial charge in [-0.25, -0.2) is 12.7 Å². The Bertz CT molecular complexity index is 549. The van der Waals surface area contributed by atoms with Crippen molar-refractivity contribution < 1.29 is 8.42 Å². The van der Waals surface area contributed by atoms with Crippen LogP contribution >= 0.6 is 0 Å². The van der Waals surface area contributed by atoms with Crippen molar-refractivity contribution in [3.8, 4) is 0 Å². The van der Waals surface area contributed by atoms with Gasteiger partial charge in [-0.1, -0.05) is 0 Å². The summed E-state index contributed by atoms with van der Waals surface area (Å²) in [6.07, 6.45) is 3.49. The molecule has 2 rings (SSSR count). The zero-order valence-corrected chi connectivity index (χ0v) is 12.3. The molecule has 0 spiro atoms. The summed E-state index contributed by atoms with van der Waals surface area (Å²) in [6.45, 7) is 1.88. The zero-order valence-electron chi connectivity index (χ0n) is 11.5. The summed E-state index contributed by atoms with van der Waals surface area (Å²) < 4.78 is 25.5.